The summed E-state index contributed by atoms with van der Waals surface area (Å²) >= 11 is 0. The van der Waals surface area contributed by atoms with Crippen LogP contribution in [0, 0.1) is 0 Å². The van der Waals surface area contributed by atoms with Gasteiger partial charge >= 0.3 is 0 Å². The highest BCUT2D eigenvalue weighted by molar-refractivity contribution is 5.79. The molecule has 1 amide bonds. The molecule has 0 aliphatic carbocycles. The molecule has 0 radical (unpaired) electrons. The van der Waals surface area contributed by atoms with Crippen LogP contribution in [0.25, 0.3) is 0 Å². The van der Waals surface area contributed by atoms with Crippen molar-refractivity contribution in [1.82, 2.24) is 9.80 Å². The van der Waals surface area contributed by atoms with Crippen molar-refractivity contribution in [1.29, 1.82) is 0 Å². The Morgan fingerprint density at radius 1 is 1.15 bits per heavy atom. The maximum atomic E-state index is 13.1. The van der Waals surface area contributed by atoms with Gasteiger partial charge in [-0.2, -0.15) is 0 Å². The summed E-state index contributed by atoms with van der Waals surface area (Å²) in [6, 6.07) is 16.7. The molecule has 0 unspecified atom stereocenters. The number of benzene rings is 2. The van der Waals surface area contributed by atoms with Gasteiger partial charge in [0.05, 0.1) is 12.5 Å². The molecule has 4 heteroatoms. The first kappa shape index (κ1) is 17.1. The highest BCUT2D eigenvalue weighted by Gasteiger charge is 2.30. The molecule has 1 fully saturated rings. The lowest BCUT2D eigenvalue weighted by Gasteiger charge is -2.40. The minimum atomic E-state index is 0.125. The van der Waals surface area contributed by atoms with E-state index in [4.69, 9.17) is 4.74 Å². The SMILES string of the molecule is C[C@H]1Cc2cc(CC(=O)N3CCN(C)C[C@H]3c3ccccc3)ccc2O1. The molecule has 26 heavy (non-hydrogen) atoms. The van der Waals surface area contributed by atoms with Crippen molar-refractivity contribution in [3.05, 3.63) is 65.2 Å². The number of hydrogen-bond donors (Lipinski definition) is 0. The van der Waals surface area contributed by atoms with Crippen LogP contribution in [0.1, 0.15) is 29.7 Å². The smallest absolute Gasteiger partial charge is 0.227 e. The van der Waals surface area contributed by atoms with Crippen LogP contribution in [-0.4, -0.2) is 48.5 Å². The summed E-state index contributed by atoms with van der Waals surface area (Å²) in [4.78, 5) is 17.5. The highest BCUT2D eigenvalue weighted by atomic mass is 16.5. The molecule has 2 heterocycles. The quantitative estimate of drug-likeness (QED) is 0.853. The summed E-state index contributed by atoms with van der Waals surface area (Å²) in [5.41, 5.74) is 3.52. The van der Waals surface area contributed by atoms with Crippen LogP contribution in [-0.2, 0) is 17.6 Å². The highest BCUT2D eigenvalue weighted by Crippen LogP contribution is 2.30. The first-order valence-electron chi connectivity index (χ1n) is 9.41. The lowest BCUT2D eigenvalue weighted by Crippen LogP contribution is -2.49. The summed E-state index contributed by atoms with van der Waals surface area (Å²) in [6.45, 7) is 4.66. The molecule has 1 saturated heterocycles. The van der Waals surface area contributed by atoms with Gasteiger partial charge in [0.25, 0.3) is 0 Å². The minimum absolute atomic E-state index is 0.125. The zero-order valence-corrected chi connectivity index (χ0v) is 15.5. The standard InChI is InChI=1S/C22H26N2O2/c1-16-12-19-13-17(8-9-21(19)26-16)14-22(25)24-11-10-23(2)15-20(24)18-6-4-3-5-7-18/h3-9,13,16,20H,10-12,14-15H2,1-2H3/t16-,20-/m0/s1. The topological polar surface area (TPSA) is 32.8 Å². The van der Waals surface area contributed by atoms with Crippen molar-refractivity contribution >= 4 is 5.91 Å². The Bertz CT molecular complexity index is 790. The maximum absolute atomic E-state index is 13.1. The number of amides is 1. The molecular formula is C22H26N2O2. The van der Waals surface area contributed by atoms with Crippen molar-refractivity contribution in [3.63, 3.8) is 0 Å². The fraction of sp³-hybridized carbons (Fsp3) is 0.409. The molecule has 2 aliphatic rings. The summed E-state index contributed by atoms with van der Waals surface area (Å²) in [5, 5.41) is 0. The number of likely N-dealkylation sites (N-methyl/N-ethyl adjacent to an activating group) is 1. The normalized spacial score (nSPS) is 22.8. The second kappa shape index (κ2) is 7.12. The molecule has 0 N–H and O–H groups in total. The zero-order valence-electron chi connectivity index (χ0n) is 15.5. The third kappa shape index (κ3) is 3.47. The Labute approximate surface area is 155 Å². The summed E-state index contributed by atoms with van der Waals surface area (Å²) < 4.78 is 5.77. The van der Waals surface area contributed by atoms with E-state index in [1.165, 1.54) is 11.1 Å². The molecule has 0 bridgehead atoms. The van der Waals surface area contributed by atoms with Gasteiger partial charge in [-0.3, -0.25) is 4.79 Å². The number of hydrogen-bond acceptors (Lipinski definition) is 3. The van der Waals surface area contributed by atoms with E-state index in [1.807, 2.05) is 30.3 Å². The predicted octanol–water partition coefficient (Wildman–Crippen LogP) is 3.07. The summed E-state index contributed by atoms with van der Waals surface area (Å²) in [6.07, 6.45) is 1.61. The molecule has 2 aromatic rings. The van der Waals surface area contributed by atoms with Crippen LogP contribution in [0.15, 0.2) is 48.5 Å². The van der Waals surface area contributed by atoms with Crippen LogP contribution in [0.4, 0.5) is 0 Å². The van der Waals surface area contributed by atoms with Gasteiger partial charge in [-0.25, -0.2) is 0 Å². The first-order chi connectivity index (χ1) is 12.6. The fourth-order valence-corrected chi connectivity index (χ4v) is 4.04. The van der Waals surface area contributed by atoms with Crippen LogP contribution < -0.4 is 4.74 Å². The number of piperazine rings is 1. The zero-order chi connectivity index (χ0) is 18.1. The molecule has 0 aromatic heterocycles. The Hall–Kier alpha value is -2.33. The van der Waals surface area contributed by atoms with E-state index in [2.05, 4.69) is 42.0 Å². The number of nitrogens with zero attached hydrogens (tertiary/aromatic N) is 2. The lowest BCUT2D eigenvalue weighted by molar-refractivity contribution is -0.135. The molecule has 2 aliphatic heterocycles. The van der Waals surface area contributed by atoms with E-state index in [0.717, 1.165) is 37.4 Å². The van der Waals surface area contributed by atoms with Gasteiger partial charge in [0, 0.05) is 26.1 Å². The second-order valence-electron chi connectivity index (χ2n) is 7.53. The molecule has 4 rings (SSSR count). The molecule has 0 spiro atoms. The van der Waals surface area contributed by atoms with Gasteiger partial charge in [0.15, 0.2) is 0 Å². The third-order valence-corrected chi connectivity index (χ3v) is 5.40. The number of ether oxygens (including phenoxy) is 1. The largest absolute Gasteiger partial charge is 0.490 e. The Morgan fingerprint density at radius 3 is 2.77 bits per heavy atom. The van der Waals surface area contributed by atoms with Gasteiger partial charge in [-0.05, 0) is 36.7 Å². The number of fused-ring (bicyclic) bond motifs is 1. The number of carbonyl (C=O) groups is 1. The molecule has 2 aromatic carbocycles. The molecular weight excluding hydrogens is 324 g/mol. The van der Waals surface area contributed by atoms with Gasteiger partial charge in [-0.1, -0.05) is 42.5 Å². The van der Waals surface area contributed by atoms with Gasteiger partial charge < -0.3 is 14.5 Å². The minimum Gasteiger partial charge on any atom is -0.490 e. The van der Waals surface area contributed by atoms with Gasteiger partial charge in [0.1, 0.15) is 11.9 Å². The second-order valence-corrected chi connectivity index (χ2v) is 7.53. The van der Waals surface area contributed by atoms with Crippen molar-refractivity contribution in [2.75, 3.05) is 26.7 Å². The van der Waals surface area contributed by atoms with Crippen molar-refractivity contribution in [2.24, 2.45) is 0 Å². The average Bonchev–Trinajstić information content (AvgIpc) is 3.01. The molecule has 2 atom stereocenters. The van der Waals surface area contributed by atoms with E-state index in [9.17, 15) is 4.79 Å². The van der Waals surface area contributed by atoms with Gasteiger partial charge in [-0.15, -0.1) is 0 Å². The number of carbonyl (C=O) groups excluding carboxylic acids is 1. The molecule has 136 valence electrons. The Balaban J connectivity index is 1.52. The monoisotopic (exact) mass is 350 g/mol. The van der Waals surface area contributed by atoms with Crippen LogP contribution in [0.3, 0.4) is 0 Å². The van der Waals surface area contributed by atoms with Crippen LogP contribution in [0.2, 0.25) is 0 Å². The van der Waals surface area contributed by atoms with E-state index >= 15 is 0 Å². The third-order valence-electron chi connectivity index (χ3n) is 5.40. The predicted molar refractivity (Wildman–Crippen MR) is 102 cm³/mol. The Kier molecular flexibility index (Phi) is 4.68. The van der Waals surface area contributed by atoms with E-state index < -0.39 is 0 Å². The van der Waals surface area contributed by atoms with Crippen LogP contribution >= 0.6 is 0 Å². The average molecular weight is 350 g/mol. The Morgan fingerprint density at radius 2 is 1.96 bits per heavy atom. The van der Waals surface area contributed by atoms with Crippen molar-refractivity contribution in [3.8, 4) is 5.75 Å². The maximum Gasteiger partial charge on any atom is 0.227 e. The first-order valence-corrected chi connectivity index (χ1v) is 9.41. The summed E-state index contributed by atoms with van der Waals surface area (Å²) in [5.74, 6) is 1.18. The lowest BCUT2D eigenvalue weighted by atomic mass is 10.0. The van der Waals surface area contributed by atoms with E-state index in [0.29, 0.717) is 6.42 Å². The molecule has 0 saturated carbocycles. The van der Waals surface area contributed by atoms with Crippen LogP contribution in [0.5, 0.6) is 5.75 Å². The van der Waals surface area contributed by atoms with E-state index in [1.54, 1.807) is 0 Å². The van der Waals surface area contributed by atoms with Crippen molar-refractivity contribution in [2.45, 2.75) is 31.9 Å². The summed E-state index contributed by atoms with van der Waals surface area (Å²) in [7, 11) is 2.12. The fourth-order valence-electron chi connectivity index (χ4n) is 4.04. The van der Waals surface area contributed by atoms with Crippen molar-refractivity contribution < 1.29 is 9.53 Å². The number of rotatable bonds is 3. The van der Waals surface area contributed by atoms with Gasteiger partial charge in [0.2, 0.25) is 5.91 Å². The molecule has 4 nitrogen and oxygen atoms in total. The van der Waals surface area contributed by atoms with E-state index in [-0.39, 0.29) is 18.1 Å².